The minimum absolute atomic E-state index is 0.125. The number of nitrogens with one attached hydrogen (secondary N) is 1. The number of thiophene rings is 1. The van der Waals surface area contributed by atoms with Crippen molar-refractivity contribution in [3.63, 3.8) is 0 Å². The van der Waals surface area contributed by atoms with E-state index in [1.807, 2.05) is 23.4 Å². The number of likely N-dealkylation sites (N-methyl/N-ethyl adjacent to an activating group) is 1. The molecule has 0 bridgehead atoms. The number of hydrogen-bond donors (Lipinski definition) is 3. The third-order valence-corrected chi connectivity index (χ3v) is 3.21. The first-order valence-electron chi connectivity index (χ1n) is 5.24. The molecule has 2 heterocycles. The number of nitrogens with zero attached hydrogens (tertiary/aromatic N) is 3. The maximum Gasteiger partial charge on any atom is 0.152 e. The third kappa shape index (κ3) is 2.70. The van der Waals surface area contributed by atoms with Crippen molar-refractivity contribution in [3.8, 4) is 0 Å². The van der Waals surface area contributed by atoms with Gasteiger partial charge in [0.15, 0.2) is 5.82 Å². The Morgan fingerprint density at radius 2 is 2.35 bits per heavy atom. The number of aromatic nitrogens is 2. The molecule has 4 N–H and O–H groups in total. The lowest BCUT2D eigenvalue weighted by molar-refractivity contribution is 0.215. The second kappa shape index (κ2) is 5.37. The molecule has 0 aliphatic rings. The van der Waals surface area contributed by atoms with Gasteiger partial charge in [0.05, 0.1) is 18.5 Å². The summed E-state index contributed by atoms with van der Waals surface area (Å²) in [6.07, 6.45) is 0. The van der Waals surface area contributed by atoms with E-state index >= 15 is 0 Å². The minimum atomic E-state index is 0.125. The van der Waals surface area contributed by atoms with E-state index in [1.165, 1.54) is 0 Å². The summed E-state index contributed by atoms with van der Waals surface area (Å²) in [6, 6.07) is 1.94. The molecule has 0 aliphatic carbocycles. The molecule has 0 amide bonds. The van der Waals surface area contributed by atoms with Gasteiger partial charge < -0.3 is 10.5 Å². The summed E-state index contributed by atoms with van der Waals surface area (Å²) in [6.45, 7) is 1.31. The zero-order chi connectivity index (χ0) is 12.3. The number of nitrogen functional groups attached to an aromatic ring is 1. The van der Waals surface area contributed by atoms with Gasteiger partial charge in [0.1, 0.15) is 10.7 Å². The maximum atomic E-state index is 8.84. The van der Waals surface area contributed by atoms with Crippen LogP contribution in [0, 0.1) is 0 Å². The van der Waals surface area contributed by atoms with Crippen molar-refractivity contribution in [2.24, 2.45) is 5.84 Å². The van der Waals surface area contributed by atoms with E-state index < -0.39 is 0 Å². The monoisotopic (exact) mass is 253 g/mol. The number of aliphatic hydroxyl groups excluding tert-OH is 1. The average molecular weight is 253 g/mol. The predicted molar refractivity (Wildman–Crippen MR) is 68.6 cm³/mol. The van der Waals surface area contributed by atoms with Crippen LogP contribution in [0.5, 0.6) is 0 Å². The van der Waals surface area contributed by atoms with Gasteiger partial charge in [-0.2, -0.15) is 0 Å². The third-order valence-electron chi connectivity index (χ3n) is 2.40. The Hall–Kier alpha value is -1.28. The van der Waals surface area contributed by atoms with Gasteiger partial charge in [-0.1, -0.05) is 0 Å². The summed E-state index contributed by atoms with van der Waals surface area (Å²) in [4.78, 5) is 11.7. The first kappa shape index (κ1) is 12.2. The standard InChI is InChI=1S/C10H15N5OS/c1-15(3-4-16)6-8-12-9(14-11)7-2-5-17-10(7)13-8/h2,5,16H,3-4,6,11H2,1H3,(H,12,13,14). The van der Waals surface area contributed by atoms with Crippen molar-refractivity contribution in [1.29, 1.82) is 0 Å². The fourth-order valence-electron chi connectivity index (χ4n) is 1.57. The normalized spacial score (nSPS) is 11.3. The first-order valence-corrected chi connectivity index (χ1v) is 6.12. The van der Waals surface area contributed by atoms with Gasteiger partial charge >= 0.3 is 0 Å². The van der Waals surface area contributed by atoms with Crippen molar-refractivity contribution in [2.45, 2.75) is 6.54 Å². The van der Waals surface area contributed by atoms with Crippen molar-refractivity contribution < 1.29 is 5.11 Å². The smallest absolute Gasteiger partial charge is 0.152 e. The summed E-state index contributed by atoms with van der Waals surface area (Å²) in [5.41, 5.74) is 2.59. The molecule has 2 aromatic heterocycles. The van der Waals surface area contributed by atoms with Crippen LogP contribution in [-0.2, 0) is 6.54 Å². The SMILES string of the molecule is CN(CCO)Cc1nc(NN)c2ccsc2n1. The molecule has 7 heteroatoms. The quantitative estimate of drug-likeness (QED) is 0.528. The van der Waals surface area contributed by atoms with Gasteiger partial charge in [0, 0.05) is 6.54 Å². The molecule has 17 heavy (non-hydrogen) atoms. The van der Waals surface area contributed by atoms with Crippen LogP contribution in [0.4, 0.5) is 5.82 Å². The Bertz CT molecular complexity index is 500. The summed E-state index contributed by atoms with van der Waals surface area (Å²) >= 11 is 1.56. The van der Waals surface area contributed by atoms with E-state index in [1.54, 1.807) is 11.3 Å². The number of hydrogen-bond acceptors (Lipinski definition) is 7. The Morgan fingerprint density at radius 1 is 1.53 bits per heavy atom. The van der Waals surface area contributed by atoms with Crippen LogP contribution in [0.3, 0.4) is 0 Å². The molecule has 0 radical (unpaired) electrons. The van der Waals surface area contributed by atoms with Crippen LogP contribution in [0.1, 0.15) is 5.82 Å². The lowest BCUT2D eigenvalue weighted by atomic mass is 10.3. The highest BCUT2D eigenvalue weighted by molar-refractivity contribution is 7.16. The van der Waals surface area contributed by atoms with Crippen LogP contribution in [0.25, 0.3) is 10.2 Å². The minimum Gasteiger partial charge on any atom is -0.395 e. The Balaban J connectivity index is 2.28. The molecule has 0 saturated carbocycles. The van der Waals surface area contributed by atoms with E-state index in [2.05, 4.69) is 15.4 Å². The second-order valence-corrected chi connectivity index (χ2v) is 4.63. The number of fused-ring (bicyclic) bond motifs is 1. The van der Waals surface area contributed by atoms with E-state index in [9.17, 15) is 0 Å². The summed E-state index contributed by atoms with van der Waals surface area (Å²) in [5, 5.41) is 11.7. The molecular formula is C10H15N5OS. The van der Waals surface area contributed by atoms with E-state index in [4.69, 9.17) is 10.9 Å². The van der Waals surface area contributed by atoms with Crippen molar-refractivity contribution >= 4 is 27.4 Å². The van der Waals surface area contributed by atoms with Crippen LogP contribution >= 0.6 is 11.3 Å². The zero-order valence-electron chi connectivity index (χ0n) is 9.55. The van der Waals surface area contributed by atoms with Gasteiger partial charge in [0.25, 0.3) is 0 Å². The lowest BCUT2D eigenvalue weighted by Gasteiger charge is -2.14. The highest BCUT2D eigenvalue weighted by Crippen LogP contribution is 2.24. The van der Waals surface area contributed by atoms with Gasteiger partial charge in [-0.3, -0.25) is 4.90 Å². The van der Waals surface area contributed by atoms with E-state index in [0.29, 0.717) is 24.7 Å². The van der Waals surface area contributed by atoms with Crippen molar-refractivity contribution in [3.05, 3.63) is 17.3 Å². The first-order chi connectivity index (χ1) is 8.24. The zero-order valence-corrected chi connectivity index (χ0v) is 10.4. The highest BCUT2D eigenvalue weighted by atomic mass is 32.1. The molecule has 0 spiro atoms. The molecule has 6 nitrogen and oxygen atoms in total. The number of hydrazine groups is 1. The van der Waals surface area contributed by atoms with Crippen LogP contribution in [0.15, 0.2) is 11.4 Å². The summed E-state index contributed by atoms with van der Waals surface area (Å²) in [5.74, 6) is 6.78. The topological polar surface area (TPSA) is 87.3 Å². The number of anilines is 1. The summed E-state index contributed by atoms with van der Waals surface area (Å²) < 4.78 is 0. The van der Waals surface area contributed by atoms with Crippen LogP contribution in [0.2, 0.25) is 0 Å². The molecule has 2 aromatic rings. The molecule has 2 rings (SSSR count). The molecule has 0 aliphatic heterocycles. The van der Waals surface area contributed by atoms with Crippen LogP contribution in [-0.4, -0.2) is 40.2 Å². The van der Waals surface area contributed by atoms with Crippen molar-refractivity contribution in [2.75, 3.05) is 25.6 Å². The lowest BCUT2D eigenvalue weighted by Crippen LogP contribution is -2.23. The average Bonchev–Trinajstić information content (AvgIpc) is 2.76. The maximum absolute atomic E-state index is 8.84. The number of nitrogens with two attached hydrogens (primary N) is 1. The molecule has 0 saturated heterocycles. The summed E-state index contributed by atoms with van der Waals surface area (Å²) in [7, 11) is 1.91. The van der Waals surface area contributed by atoms with Gasteiger partial charge in [-0.15, -0.1) is 11.3 Å². The van der Waals surface area contributed by atoms with E-state index in [0.717, 1.165) is 10.2 Å². The fourth-order valence-corrected chi connectivity index (χ4v) is 2.35. The van der Waals surface area contributed by atoms with Crippen molar-refractivity contribution in [1.82, 2.24) is 14.9 Å². The Labute approximate surface area is 103 Å². The molecular weight excluding hydrogens is 238 g/mol. The van der Waals surface area contributed by atoms with Gasteiger partial charge in [-0.25, -0.2) is 15.8 Å². The van der Waals surface area contributed by atoms with Gasteiger partial charge in [0.2, 0.25) is 0 Å². The predicted octanol–water partition coefficient (Wildman–Crippen LogP) is 0.401. The molecule has 92 valence electrons. The largest absolute Gasteiger partial charge is 0.395 e. The van der Waals surface area contributed by atoms with E-state index in [-0.39, 0.29) is 6.61 Å². The molecule has 0 atom stereocenters. The van der Waals surface area contributed by atoms with Gasteiger partial charge in [-0.05, 0) is 18.5 Å². The molecule has 0 fully saturated rings. The molecule has 0 unspecified atom stereocenters. The Kier molecular flexibility index (Phi) is 3.85. The fraction of sp³-hybridized carbons (Fsp3) is 0.400. The number of aliphatic hydroxyl groups is 1. The van der Waals surface area contributed by atoms with Crippen LogP contribution < -0.4 is 11.3 Å². The molecule has 0 aromatic carbocycles. The second-order valence-electron chi connectivity index (χ2n) is 3.73. The Morgan fingerprint density at radius 3 is 3.06 bits per heavy atom. The number of rotatable bonds is 5. The highest BCUT2D eigenvalue weighted by Gasteiger charge is 2.09.